The summed E-state index contributed by atoms with van der Waals surface area (Å²) in [5.74, 6) is -0.867. The van der Waals surface area contributed by atoms with Crippen LogP contribution in [0.3, 0.4) is 0 Å². The Balaban J connectivity index is 1.55. The van der Waals surface area contributed by atoms with Crippen molar-refractivity contribution >= 4 is 35.1 Å². The van der Waals surface area contributed by atoms with Gasteiger partial charge in [-0.2, -0.15) is 0 Å². The highest BCUT2D eigenvalue weighted by molar-refractivity contribution is 6.31. The van der Waals surface area contributed by atoms with E-state index in [1.54, 1.807) is 43.3 Å². The SMILES string of the molecule is C[C@H](NC(=O)COC(=O)CN1C(=O)CCOc2ccccc21)c1ccccc1Cl. The number of carbonyl (C=O) groups is 3. The van der Waals surface area contributed by atoms with Crippen LogP contribution in [0.25, 0.3) is 0 Å². The molecule has 0 aliphatic carbocycles. The maximum atomic E-state index is 12.3. The summed E-state index contributed by atoms with van der Waals surface area (Å²) in [5.41, 5.74) is 1.27. The van der Waals surface area contributed by atoms with Crippen molar-refractivity contribution in [2.45, 2.75) is 19.4 Å². The number of rotatable bonds is 6. The quantitative estimate of drug-likeness (QED) is 0.732. The first-order valence-electron chi connectivity index (χ1n) is 9.17. The van der Waals surface area contributed by atoms with E-state index < -0.39 is 18.5 Å². The number of fused-ring (bicyclic) bond motifs is 1. The average Bonchev–Trinajstić information content (AvgIpc) is 2.86. The molecule has 2 aromatic rings. The third-order valence-corrected chi connectivity index (χ3v) is 4.78. The van der Waals surface area contributed by atoms with E-state index in [1.807, 2.05) is 12.1 Å². The molecule has 3 rings (SSSR count). The highest BCUT2D eigenvalue weighted by atomic mass is 35.5. The molecule has 0 unspecified atom stereocenters. The summed E-state index contributed by atoms with van der Waals surface area (Å²) >= 11 is 6.12. The number of anilines is 1. The van der Waals surface area contributed by atoms with Crippen molar-refractivity contribution in [3.8, 4) is 5.75 Å². The van der Waals surface area contributed by atoms with Crippen molar-refractivity contribution in [1.29, 1.82) is 0 Å². The van der Waals surface area contributed by atoms with Crippen molar-refractivity contribution < 1.29 is 23.9 Å². The van der Waals surface area contributed by atoms with E-state index in [4.69, 9.17) is 21.1 Å². The number of carbonyl (C=O) groups excluding carboxylic acids is 3. The molecule has 1 aliphatic rings. The molecule has 2 aromatic carbocycles. The van der Waals surface area contributed by atoms with Gasteiger partial charge in [0.15, 0.2) is 6.61 Å². The van der Waals surface area contributed by atoms with E-state index in [9.17, 15) is 14.4 Å². The van der Waals surface area contributed by atoms with Crippen molar-refractivity contribution in [3.05, 3.63) is 59.1 Å². The predicted octanol–water partition coefficient (Wildman–Crippen LogP) is 2.88. The fourth-order valence-electron chi connectivity index (χ4n) is 3.00. The molecular formula is C21H21ClN2O5. The molecule has 0 saturated carbocycles. The normalized spacial score (nSPS) is 14.3. The van der Waals surface area contributed by atoms with Crippen LogP contribution in [0.2, 0.25) is 5.02 Å². The second-order valence-electron chi connectivity index (χ2n) is 6.52. The first kappa shape index (κ1) is 20.7. The topological polar surface area (TPSA) is 84.9 Å². The van der Waals surface area contributed by atoms with Crippen molar-refractivity contribution in [2.24, 2.45) is 0 Å². The number of hydrogen-bond acceptors (Lipinski definition) is 5. The van der Waals surface area contributed by atoms with Gasteiger partial charge >= 0.3 is 5.97 Å². The Morgan fingerprint density at radius 3 is 2.72 bits per heavy atom. The van der Waals surface area contributed by atoms with Crippen LogP contribution in [0.1, 0.15) is 24.9 Å². The first-order chi connectivity index (χ1) is 14.0. The standard InChI is InChI=1S/C21H21ClN2O5/c1-14(15-6-2-3-7-16(15)22)23-19(25)13-29-21(27)12-24-17-8-4-5-9-18(17)28-11-10-20(24)26/h2-9,14H,10-13H2,1H3,(H,23,25)/t14-/m0/s1. The third kappa shape index (κ3) is 5.26. The molecule has 8 heteroatoms. The zero-order valence-corrected chi connectivity index (χ0v) is 16.6. The second-order valence-corrected chi connectivity index (χ2v) is 6.92. The van der Waals surface area contributed by atoms with Gasteiger partial charge in [-0.15, -0.1) is 0 Å². The molecular weight excluding hydrogens is 396 g/mol. The Labute approximate surface area is 173 Å². The molecule has 0 saturated heterocycles. The van der Waals surface area contributed by atoms with E-state index in [2.05, 4.69) is 5.32 Å². The Bertz CT molecular complexity index is 917. The molecule has 0 spiro atoms. The van der Waals surface area contributed by atoms with Gasteiger partial charge in [-0.1, -0.05) is 41.9 Å². The molecule has 2 amide bonds. The van der Waals surface area contributed by atoms with Crippen molar-refractivity contribution in [3.63, 3.8) is 0 Å². The summed E-state index contributed by atoms with van der Waals surface area (Å²) in [6.07, 6.45) is 0.151. The number of nitrogens with zero attached hydrogens (tertiary/aromatic N) is 1. The molecule has 1 heterocycles. The molecule has 1 atom stereocenters. The van der Waals surface area contributed by atoms with E-state index in [-0.39, 0.29) is 31.5 Å². The highest BCUT2D eigenvalue weighted by Gasteiger charge is 2.26. The van der Waals surface area contributed by atoms with Crippen LogP contribution >= 0.6 is 11.6 Å². The number of esters is 1. The van der Waals surface area contributed by atoms with Crippen LogP contribution in [0.5, 0.6) is 5.75 Å². The van der Waals surface area contributed by atoms with Gasteiger partial charge in [0.1, 0.15) is 12.3 Å². The van der Waals surface area contributed by atoms with E-state index >= 15 is 0 Å². The van der Waals surface area contributed by atoms with Crippen LogP contribution < -0.4 is 15.0 Å². The van der Waals surface area contributed by atoms with Crippen LogP contribution in [-0.2, 0) is 19.1 Å². The third-order valence-electron chi connectivity index (χ3n) is 4.43. The summed E-state index contributed by atoms with van der Waals surface area (Å²) in [7, 11) is 0. The van der Waals surface area contributed by atoms with Gasteiger partial charge in [-0.25, -0.2) is 0 Å². The number of halogens is 1. The summed E-state index contributed by atoms with van der Waals surface area (Å²) in [6, 6.07) is 13.8. The zero-order valence-electron chi connectivity index (χ0n) is 15.9. The number of para-hydroxylation sites is 2. The lowest BCUT2D eigenvalue weighted by molar-refractivity contribution is -0.147. The van der Waals surface area contributed by atoms with Gasteiger partial charge < -0.3 is 14.8 Å². The second kappa shape index (κ2) is 9.43. The maximum Gasteiger partial charge on any atom is 0.326 e. The maximum absolute atomic E-state index is 12.3. The lowest BCUT2D eigenvalue weighted by Crippen LogP contribution is -2.38. The van der Waals surface area contributed by atoms with Gasteiger partial charge in [0.05, 0.1) is 24.8 Å². The largest absolute Gasteiger partial charge is 0.491 e. The number of amides is 2. The van der Waals surface area contributed by atoms with Gasteiger partial charge in [0.2, 0.25) is 5.91 Å². The lowest BCUT2D eigenvalue weighted by atomic mass is 10.1. The summed E-state index contributed by atoms with van der Waals surface area (Å²) in [4.78, 5) is 38.0. The van der Waals surface area contributed by atoms with E-state index in [0.717, 1.165) is 5.56 Å². The first-order valence-corrected chi connectivity index (χ1v) is 9.55. The molecule has 1 N–H and O–H groups in total. The van der Waals surface area contributed by atoms with Gasteiger partial charge in [0, 0.05) is 5.02 Å². The van der Waals surface area contributed by atoms with E-state index in [1.165, 1.54) is 4.90 Å². The molecule has 0 radical (unpaired) electrons. The summed E-state index contributed by atoms with van der Waals surface area (Å²) < 4.78 is 10.6. The minimum atomic E-state index is -0.685. The van der Waals surface area contributed by atoms with E-state index in [0.29, 0.717) is 16.5 Å². The minimum absolute atomic E-state index is 0.151. The molecule has 0 bridgehead atoms. The Kier molecular flexibility index (Phi) is 6.72. The van der Waals surface area contributed by atoms with Crippen molar-refractivity contribution in [2.75, 3.05) is 24.7 Å². The number of benzene rings is 2. The van der Waals surface area contributed by atoms with Gasteiger partial charge in [-0.05, 0) is 30.7 Å². The Morgan fingerprint density at radius 2 is 1.93 bits per heavy atom. The average molecular weight is 417 g/mol. The fourth-order valence-corrected chi connectivity index (χ4v) is 3.30. The molecule has 1 aliphatic heterocycles. The number of ether oxygens (including phenoxy) is 2. The minimum Gasteiger partial charge on any atom is -0.491 e. The Hall–Kier alpha value is -3.06. The van der Waals surface area contributed by atoms with Crippen molar-refractivity contribution in [1.82, 2.24) is 5.32 Å². The summed E-state index contributed by atoms with van der Waals surface area (Å²) in [6.45, 7) is 1.28. The number of hydrogen-bond donors (Lipinski definition) is 1. The molecule has 7 nitrogen and oxygen atoms in total. The lowest BCUT2D eigenvalue weighted by Gasteiger charge is -2.21. The smallest absolute Gasteiger partial charge is 0.326 e. The molecule has 152 valence electrons. The zero-order chi connectivity index (χ0) is 20.8. The van der Waals surface area contributed by atoms with Gasteiger partial charge in [0.25, 0.3) is 5.91 Å². The molecule has 0 fully saturated rings. The monoisotopic (exact) mass is 416 g/mol. The number of nitrogens with one attached hydrogen (secondary N) is 1. The van der Waals surface area contributed by atoms with Gasteiger partial charge in [-0.3, -0.25) is 19.3 Å². The van der Waals surface area contributed by atoms with Crippen LogP contribution in [-0.4, -0.2) is 37.5 Å². The molecule has 0 aromatic heterocycles. The fraction of sp³-hybridized carbons (Fsp3) is 0.286. The Morgan fingerprint density at radius 1 is 1.21 bits per heavy atom. The predicted molar refractivity (Wildman–Crippen MR) is 108 cm³/mol. The van der Waals surface area contributed by atoms with Crippen LogP contribution in [0.4, 0.5) is 5.69 Å². The summed E-state index contributed by atoms with van der Waals surface area (Å²) in [5, 5.41) is 3.27. The van der Waals surface area contributed by atoms with Crippen LogP contribution in [0, 0.1) is 0 Å². The van der Waals surface area contributed by atoms with Crippen LogP contribution in [0.15, 0.2) is 48.5 Å². The molecule has 29 heavy (non-hydrogen) atoms. The highest BCUT2D eigenvalue weighted by Crippen LogP contribution is 2.30.